The van der Waals surface area contributed by atoms with Gasteiger partial charge in [-0.2, -0.15) is 0 Å². The molecule has 0 radical (unpaired) electrons. The lowest BCUT2D eigenvalue weighted by molar-refractivity contribution is -0.123. The summed E-state index contributed by atoms with van der Waals surface area (Å²) in [6, 6.07) is 8.88. The molecule has 0 fully saturated rings. The van der Waals surface area contributed by atoms with Gasteiger partial charge in [0.15, 0.2) is 6.10 Å². The summed E-state index contributed by atoms with van der Waals surface area (Å²) in [7, 11) is 0. The molecule has 2 N–H and O–H groups in total. The van der Waals surface area contributed by atoms with Gasteiger partial charge in [-0.3, -0.25) is 4.79 Å². The van der Waals surface area contributed by atoms with Crippen LogP contribution in [0.25, 0.3) is 0 Å². The standard InChI is InChI=1S/C19H22N2O5/c1-5-25-19(24)16-11(2)15(12(3)20-16)18(23)26-13(4)17(22)21-14-9-7-6-8-10-14/h6-10,13,20H,5H2,1-4H3,(H,21,22)/t13-/m1/s1. The van der Waals surface area contributed by atoms with Crippen molar-refractivity contribution in [1.82, 2.24) is 4.98 Å². The highest BCUT2D eigenvalue weighted by Crippen LogP contribution is 2.20. The number of para-hydroxylation sites is 1. The Morgan fingerprint density at radius 1 is 1.12 bits per heavy atom. The number of aromatic nitrogens is 1. The number of carbonyl (C=O) groups excluding carboxylic acids is 3. The van der Waals surface area contributed by atoms with Crippen LogP contribution in [0, 0.1) is 13.8 Å². The number of benzene rings is 1. The van der Waals surface area contributed by atoms with Gasteiger partial charge in [-0.1, -0.05) is 18.2 Å². The number of H-pyrrole nitrogens is 1. The quantitative estimate of drug-likeness (QED) is 0.774. The zero-order chi connectivity index (χ0) is 19.3. The van der Waals surface area contributed by atoms with E-state index in [1.165, 1.54) is 6.92 Å². The second-order valence-electron chi connectivity index (χ2n) is 5.75. The van der Waals surface area contributed by atoms with E-state index < -0.39 is 23.9 Å². The summed E-state index contributed by atoms with van der Waals surface area (Å²) in [6.07, 6.45) is -0.998. The maximum absolute atomic E-state index is 12.5. The van der Waals surface area contributed by atoms with Gasteiger partial charge in [0.1, 0.15) is 5.69 Å². The molecule has 1 heterocycles. The number of amides is 1. The molecule has 1 amide bonds. The van der Waals surface area contributed by atoms with Gasteiger partial charge < -0.3 is 19.8 Å². The molecule has 1 aromatic carbocycles. The van der Waals surface area contributed by atoms with E-state index in [4.69, 9.17) is 9.47 Å². The molecule has 7 nitrogen and oxygen atoms in total. The summed E-state index contributed by atoms with van der Waals surface area (Å²) in [6.45, 7) is 6.69. The van der Waals surface area contributed by atoms with Crippen LogP contribution in [0.3, 0.4) is 0 Å². The summed E-state index contributed by atoms with van der Waals surface area (Å²) in [4.78, 5) is 39.4. The van der Waals surface area contributed by atoms with Crippen molar-refractivity contribution in [2.75, 3.05) is 11.9 Å². The molecule has 0 aliphatic heterocycles. The third-order valence-corrected chi connectivity index (χ3v) is 3.82. The molecular formula is C19H22N2O5. The molecule has 138 valence electrons. The molecule has 0 saturated carbocycles. The SMILES string of the molecule is CCOC(=O)c1[nH]c(C)c(C(=O)O[C@H](C)C(=O)Nc2ccccc2)c1C. The third-order valence-electron chi connectivity index (χ3n) is 3.82. The number of carbonyl (C=O) groups is 3. The van der Waals surface area contributed by atoms with Crippen molar-refractivity contribution in [3.05, 3.63) is 52.8 Å². The molecule has 0 aliphatic rings. The van der Waals surface area contributed by atoms with E-state index in [1.807, 2.05) is 6.07 Å². The van der Waals surface area contributed by atoms with Crippen molar-refractivity contribution < 1.29 is 23.9 Å². The van der Waals surface area contributed by atoms with Crippen molar-refractivity contribution in [1.29, 1.82) is 0 Å². The van der Waals surface area contributed by atoms with Gasteiger partial charge in [0, 0.05) is 11.4 Å². The van der Waals surface area contributed by atoms with Gasteiger partial charge in [0.05, 0.1) is 12.2 Å². The van der Waals surface area contributed by atoms with Gasteiger partial charge in [-0.15, -0.1) is 0 Å². The van der Waals surface area contributed by atoms with Crippen LogP contribution < -0.4 is 5.32 Å². The van der Waals surface area contributed by atoms with E-state index in [-0.39, 0.29) is 17.9 Å². The summed E-state index contributed by atoms with van der Waals surface area (Å²) in [5.41, 5.74) is 1.96. The molecule has 26 heavy (non-hydrogen) atoms. The third kappa shape index (κ3) is 4.30. The van der Waals surface area contributed by atoms with Crippen LogP contribution in [0.4, 0.5) is 5.69 Å². The first-order chi connectivity index (χ1) is 12.3. The van der Waals surface area contributed by atoms with Crippen molar-refractivity contribution in [2.24, 2.45) is 0 Å². The molecule has 0 spiro atoms. The van der Waals surface area contributed by atoms with Crippen molar-refractivity contribution >= 4 is 23.5 Å². The number of esters is 2. The van der Waals surface area contributed by atoms with Crippen LogP contribution in [-0.4, -0.2) is 35.5 Å². The van der Waals surface area contributed by atoms with Gasteiger partial charge in [0.2, 0.25) is 0 Å². The summed E-state index contributed by atoms with van der Waals surface area (Å²) in [5.74, 6) is -1.66. The first-order valence-electron chi connectivity index (χ1n) is 8.28. The highest BCUT2D eigenvalue weighted by molar-refractivity contribution is 6.01. The number of hydrogen-bond donors (Lipinski definition) is 2. The van der Waals surface area contributed by atoms with Crippen LogP contribution in [0.15, 0.2) is 30.3 Å². The van der Waals surface area contributed by atoms with E-state index in [2.05, 4.69) is 10.3 Å². The predicted octanol–water partition coefficient (Wildman–Crippen LogP) is 2.99. The number of nitrogens with one attached hydrogen (secondary N) is 2. The van der Waals surface area contributed by atoms with Gasteiger partial charge >= 0.3 is 11.9 Å². The molecule has 0 unspecified atom stereocenters. The van der Waals surface area contributed by atoms with Crippen LogP contribution >= 0.6 is 0 Å². The second kappa shape index (κ2) is 8.33. The highest BCUT2D eigenvalue weighted by atomic mass is 16.5. The first kappa shape index (κ1) is 19.2. The maximum atomic E-state index is 12.5. The first-order valence-corrected chi connectivity index (χ1v) is 8.28. The zero-order valence-electron chi connectivity index (χ0n) is 15.2. The lowest BCUT2D eigenvalue weighted by atomic mass is 10.1. The largest absolute Gasteiger partial charge is 0.461 e. The van der Waals surface area contributed by atoms with Crippen LogP contribution in [-0.2, 0) is 14.3 Å². The smallest absolute Gasteiger partial charge is 0.355 e. The van der Waals surface area contributed by atoms with Crippen LogP contribution in [0.5, 0.6) is 0 Å². The van der Waals surface area contributed by atoms with Crippen molar-refractivity contribution in [2.45, 2.75) is 33.8 Å². The minimum absolute atomic E-state index is 0.206. The second-order valence-corrected chi connectivity index (χ2v) is 5.75. The minimum Gasteiger partial charge on any atom is -0.461 e. The molecule has 1 atom stereocenters. The Morgan fingerprint density at radius 3 is 2.38 bits per heavy atom. The fraction of sp³-hybridized carbons (Fsp3) is 0.316. The average molecular weight is 358 g/mol. The summed E-state index contributed by atoms with van der Waals surface area (Å²) < 4.78 is 10.2. The fourth-order valence-electron chi connectivity index (χ4n) is 2.50. The highest BCUT2D eigenvalue weighted by Gasteiger charge is 2.26. The molecule has 0 bridgehead atoms. The monoisotopic (exact) mass is 358 g/mol. The number of hydrogen-bond acceptors (Lipinski definition) is 5. The lowest BCUT2D eigenvalue weighted by Crippen LogP contribution is -2.30. The predicted molar refractivity (Wildman–Crippen MR) is 96.2 cm³/mol. The van der Waals surface area contributed by atoms with Crippen molar-refractivity contribution in [3.63, 3.8) is 0 Å². The molecular weight excluding hydrogens is 336 g/mol. The van der Waals surface area contributed by atoms with Crippen molar-refractivity contribution in [3.8, 4) is 0 Å². The average Bonchev–Trinajstić information content (AvgIpc) is 2.90. The number of aryl methyl sites for hydroxylation is 1. The van der Waals surface area contributed by atoms with E-state index in [1.54, 1.807) is 45.0 Å². The number of ether oxygens (including phenoxy) is 2. The summed E-state index contributed by atoms with van der Waals surface area (Å²) in [5, 5.41) is 2.67. The van der Waals surface area contributed by atoms with E-state index in [9.17, 15) is 14.4 Å². The topological polar surface area (TPSA) is 97.5 Å². The number of aromatic amines is 1. The molecule has 7 heteroatoms. The number of rotatable bonds is 6. The Kier molecular flexibility index (Phi) is 6.16. The maximum Gasteiger partial charge on any atom is 0.355 e. The molecule has 1 aromatic heterocycles. The molecule has 0 aliphatic carbocycles. The zero-order valence-corrected chi connectivity index (χ0v) is 15.2. The minimum atomic E-state index is -0.998. The Balaban J connectivity index is 2.09. The molecule has 2 aromatic rings. The Hall–Kier alpha value is -3.09. The normalized spacial score (nSPS) is 11.5. The Labute approximate surface area is 151 Å². The summed E-state index contributed by atoms with van der Waals surface area (Å²) >= 11 is 0. The van der Waals surface area contributed by atoms with E-state index >= 15 is 0 Å². The Morgan fingerprint density at radius 2 is 1.77 bits per heavy atom. The Bertz CT molecular complexity index is 811. The van der Waals surface area contributed by atoms with E-state index in [0.29, 0.717) is 16.9 Å². The van der Waals surface area contributed by atoms with Crippen LogP contribution in [0.2, 0.25) is 0 Å². The van der Waals surface area contributed by atoms with E-state index in [0.717, 1.165) is 0 Å². The fourth-order valence-corrected chi connectivity index (χ4v) is 2.50. The van der Waals surface area contributed by atoms with Gasteiger partial charge in [-0.05, 0) is 45.4 Å². The molecule has 0 saturated heterocycles. The molecule has 2 rings (SSSR count). The number of anilines is 1. The van der Waals surface area contributed by atoms with Gasteiger partial charge in [0.25, 0.3) is 5.91 Å². The lowest BCUT2D eigenvalue weighted by Gasteiger charge is -2.14. The van der Waals surface area contributed by atoms with Gasteiger partial charge in [-0.25, -0.2) is 9.59 Å². The van der Waals surface area contributed by atoms with Crippen LogP contribution in [0.1, 0.15) is 46.0 Å².